The molecular weight excluding hydrogens is 248 g/mol. The average Bonchev–Trinajstić information content (AvgIpc) is 2.15. The van der Waals surface area contributed by atoms with Crippen molar-refractivity contribution in [3.05, 3.63) is 17.8 Å². The molecule has 0 amide bonds. The van der Waals surface area contributed by atoms with E-state index in [9.17, 15) is 0 Å². The second-order valence-corrected chi connectivity index (χ2v) is 4.71. The topological polar surface area (TPSA) is 31.4 Å². The first-order valence-electron chi connectivity index (χ1n) is 3.64. The van der Waals surface area contributed by atoms with Crippen LogP contribution in [-0.2, 0) is 3.79 Å². The molecule has 0 saturated heterocycles. The second kappa shape index (κ2) is 4.43. The third kappa shape index (κ3) is 2.80. The first kappa shape index (κ1) is 11.7. The maximum atomic E-state index is 5.67. The summed E-state index contributed by atoms with van der Waals surface area (Å²) in [7, 11) is 2.99. The van der Waals surface area contributed by atoms with E-state index in [0.717, 1.165) is 0 Å². The maximum Gasteiger partial charge on any atom is 0.232 e. The van der Waals surface area contributed by atoms with Crippen LogP contribution in [0.4, 0.5) is 0 Å². The van der Waals surface area contributed by atoms with Gasteiger partial charge >= 0.3 is 0 Å². The largest absolute Gasteiger partial charge is 0.496 e. The Morgan fingerprint density at radius 2 is 1.79 bits per heavy atom. The van der Waals surface area contributed by atoms with E-state index in [0.29, 0.717) is 11.6 Å². The highest BCUT2D eigenvalue weighted by Crippen LogP contribution is 2.39. The fourth-order valence-electron chi connectivity index (χ4n) is 0.849. The van der Waals surface area contributed by atoms with Gasteiger partial charge in [0.1, 0.15) is 5.75 Å². The second-order valence-electron chi connectivity index (χ2n) is 2.43. The van der Waals surface area contributed by atoms with Gasteiger partial charge in [0.2, 0.25) is 9.67 Å². The van der Waals surface area contributed by atoms with Crippen molar-refractivity contribution in [1.29, 1.82) is 0 Å². The van der Waals surface area contributed by atoms with Gasteiger partial charge in [-0.3, -0.25) is 0 Å². The van der Waals surface area contributed by atoms with E-state index in [1.165, 1.54) is 20.3 Å². The zero-order valence-electron chi connectivity index (χ0n) is 7.55. The molecule has 0 spiro atoms. The summed E-state index contributed by atoms with van der Waals surface area (Å²) < 4.78 is 8.34. The number of alkyl halides is 3. The smallest absolute Gasteiger partial charge is 0.232 e. The van der Waals surface area contributed by atoms with Gasteiger partial charge in [0.15, 0.2) is 0 Å². The fraction of sp³-hybridized carbons (Fsp3) is 0.375. The Labute approximate surface area is 96.9 Å². The molecule has 14 heavy (non-hydrogen) atoms. The molecule has 0 aliphatic carbocycles. The number of halogens is 3. The number of pyridine rings is 1. The quantitative estimate of drug-likeness (QED) is 0.763. The van der Waals surface area contributed by atoms with Crippen LogP contribution < -0.4 is 9.47 Å². The normalized spacial score (nSPS) is 11.2. The molecule has 0 atom stereocenters. The summed E-state index contributed by atoms with van der Waals surface area (Å²) in [6.45, 7) is 0. The Morgan fingerprint density at radius 1 is 1.14 bits per heavy atom. The van der Waals surface area contributed by atoms with E-state index >= 15 is 0 Å². The summed E-state index contributed by atoms with van der Waals surface area (Å²) in [5.74, 6) is 0.865. The lowest BCUT2D eigenvalue weighted by molar-refractivity contribution is 0.380. The first-order valence-corrected chi connectivity index (χ1v) is 4.78. The minimum Gasteiger partial charge on any atom is -0.496 e. The lowest BCUT2D eigenvalue weighted by Gasteiger charge is -2.12. The summed E-state index contributed by atoms with van der Waals surface area (Å²) in [6.07, 6.45) is 0. The molecule has 0 bridgehead atoms. The van der Waals surface area contributed by atoms with Crippen molar-refractivity contribution in [2.75, 3.05) is 14.2 Å². The molecule has 0 fully saturated rings. The molecule has 1 aromatic heterocycles. The van der Waals surface area contributed by atoms with Crippen LogP contribution in [-0.4, -0.2) is 19.2 Å². The zero-order valence-corrected chi connectivity index (χ0v) is 9.82. The van der Waals surface area contributed by atoms with E-state index in [1.54, 1.807) is 6.07 Å². The van der Waals surface area contributed by atoms with E-state index < -0.39 is 3.79 Å². The SMILES string of the molecule is COc1cc(OC)nc(C(Cl)(Cl)Cl)c1. The minimum absolute atomic E-state index is 0.263. The Hall–Kier alpha value is -0.380. The Bertz CT molecular complexity index is 303. The van der Waals surface area contributed by atoms with Gasteiger partial charge in [0.05, 0.1) is 19.9 Å². The van der Waals surface area contributed by atoms with Crippen LogP contribution in [0, 0.1) is 0 Å². The lowest BCUT2D eigenvalue weighted by atomic mass is 10.3. The van der Waals surface area contributed by atoms with E-state index in [4.69, 9.17) is 44.3 Å². The van der Waals surface area contributed by atoms with E-state index in [-0.39, 0.29) is 5.69 Å². The molecule has 1 heterocycles. The number of hydrogen-bond donors (Lipinski definition) is 0. The molecule has 0 radical (unpaired) electrons. The predicted molar refractivity (Wildman–Crippen MR) is 56.6 cm³/mol. The number of ether oxygens (including phenoxy) is 2. The Kier molecular flexibility index (Phi) is 3.70. The summed E-state index contributed by atoms with van der Waals surface area (Å²) in [5.41, 5.74) is 0.263. The Morgan fingerprint density at radius 3 is 2.21 bits per heavy atom. The van der Waals surface area contributed by atoms with Gasteiger partial charge in [-0.2, -0.15) is 0 Å². The minimum atomic E-state index is -1.58. The summed E-state index contributed by atoms with van der Waals surface area (Å²) in [5, 5.41) is 0. The van der Waals surface area contributed by atoms with Gasteiger partial charge < -0.3 is 9.47 Å². The van der Waals surface area contributed by atoms with E-state index in [2.05, 4.69) is 4.98 Å². The van der Waals surface area contributed by atoms with Crippen LogP contribution in [0.15, 0.2) is 12.1 Å². The molecule has 0 saturated carbocycles. The van der Waals surface area contributed by atoms with Crippen LogP contribution in [0.3, 0.4) is 0 Å². The molecule has 0 aliphatic heterocycles. The Balaban J connectivity index is 3.17. The maximum absolute atomic E-state index is 5.67. The monoisotopic (exact) mass is 255 g/mol. The molecule has 1 rings (SSSR count). The van der Waals surface area contributed by atoms with Gasteiger partial charge in [-0.05, 0) is 0 Å². The van der Waals surface area contributed by atoms with Gasteiger partial charge in [-0.1, -0.05) is 34.8 Å². The third-order valence-corrected chi connectivity index (χ3v) is 2.09. The third-order valence-electron chi connectivity index (χ3n) is 1.51. The number of methoxy groups -OCH3 is 2. The van der Waals surface area contributed by atoms with Crippen LogP contribution in [0.1, 0.15) is 5.69 Å². The van der Waals surface area contributed by atoms with Crippen molar-refractivity contribution in [2.45, 2.75) is 3.79 Å². The highest BCUT2D eigenvalue weighted by atomic mass is 35.6. The van der Waals surface area contributed by atoms with Crippen LogP contribution >= 0.6 is 34.8 Å². The van der Waals surface area contributed by atoms with Crippen molar-refractivity contribution in [3.8, 4) is 11.6 Å². The fourth-order valence-corrected chi connectivity index (χ4v) is 1.14. The van der Waals surface area contributed by atoms with Gasteiger partial charge in [-0.25, -0.2) is 4.98 Å². The van der Waals surface area contributed by atoms with Crippen molar-refractivity contribution in [2.24, 2.45) is 0 Å². The molecule has 6 heteroatoms. The zero-order chi connectivity index (χ0) is 10.8. The molecule has 3 nitrogen and oxygen atoms in total. The molecule has 78 valence electrons. The number of nitrogens with zero attached hydrogens (tertiary/aromatic N) is 1. The molecule has 1 aromatic rings. The van der Waals surface area contributed by atoms with Crippen LogP contribution in [0.25, 0.3) is 0 Å². The van der Waals surface area contributed by atoms with Crippen molar-refractivity contribution in [3.63, 3.8) is 0 Å². The van der Waals surface area contributed by atoms with Crippen molar-refractivity contribution >= 4 is 34.8 Å². The number of aromatic nitrogens is 1. The average molecular weight is 257 g/mol. The standard InChI is InChI=1S/C8H8Cl3NO2/c1-13-5-3-6(8(9,10)11)12-7(4-5)14-2/h3-4H,1-2H3. The van der Waals surface area contributed by atoms with Crippen LogP contribution in [0.2, 0.25) is 0 Å². The van der Waals surface area contributed by atoms with Crippen molar-refractivity contribution < 1.29 is 9.47 Å². The highest BCUT2D eigenvalue weighted by Gasteiger charge is 2.26. The number of rotatable bonds is 2. The van der Waals surface area contributed by atoms with Crippen LogP contribution in [0.5, 0.6) is 11.6 Å². The van der Waals surface area contributed by atoms with Gasteiger partial charge in [0, 0.05) is 12.1 Å². The van der Waals surface area contributed by atoms with E-state index in [1.807, 2.05) is 0 Å². The molecular formula is C8H8Cl3NO2. The predicted octanol–water partition coefficient (Wildman–Crippen LogP) is 2.93. The van der Waals surface area contributed by atoms with Crippen molar-refractivity contribution in [1.82, 2.24) is 4.98 Å². The molecule has 0 N–H and O–H groups in total. The van der Waals surface area contributed by atoms with Gasteiger partial charge in [-0.15, -0.1) is 0 Å². The molecule has 0 unspecified atom stereocenters. The summed E-state index contributed by atoms with van der Waals surface area (Å²) in [6, 6.07) is 3.13. The summed E-state index contributed by atoms with van der Waals surface area (Å²) >= 11 is 17.0. The lowest BCUT2D eigenvalue weighted by Crippen LogP contribution is -2.05. The molecule has 0 aromatic carbocycles. The highest BCUT2D eigenvalue weighted by molar-refractivity contribution is 6.66. The molecule has 0 aliphatic rings. The first-order chi connectivity index (χ1) is 6.47. The number of hydrogen-bond acceptors (Lipinski definition) is 3. The summed E-state index contributed by atoms with van der Waals surface area (Å²) in [4.78, 5) is 3.97. The van der Waals surface area contributed by atoms with Gasteiger partial charge in [0.25, 0.3) is 0 Å².